The molecule has 1 saturated carbocycles. The molecule has 0 radical (unpaired) electrons. The summed E-state index contributed by atoms with van der Waals surface area (Å²) in [4.78, 5) is 4.17. The third kappa shape index (κ3) is 2.55. The van der Waals surface area contributed by atoms with Crippen LogP contribution in [-0.4, -0.2) is 4.98 Å². The van der Waals surface area contributed by atoms with Crippen LogP contribution < -0.4 is 5.73 Å². The molecule has 76 valence electrons. The fourth-order valence-corrected chi connectivity index (χ4v) is 1.79. The molecule has 1 aromatic heterocycles. The van der Waals surface area contributed by atoms with E-state index < -0.39 is 0 Å². The van der Waals surface area contributed by atoms with Gasteiger partial charge in [0.25, 0.3) is 0 Å². The Morgan fingerprint density at radius 3 is 3.00 bits per heavy atom. The number of hydrogen-bond acceptors (Lipinski definition) is 2. The molecule has 1 aromatic rings. The molecule has 1 aliphatic carbocycles. The van der Waals surface area contributed by atoms with Crippen LogP contribution in [0.25, 0.3) is 0 Å². The average Bonchev–Trinajstić information content (AvgIpc) is 2.97. The summed E-state index contributed by atoms with van der Waals surface area (Å²) < 4.78 is 0. The fraction of sp³-hybridized carbons (Fsp3) is 0.583. The first-order valence-electron chi connectivity index (χ1n) is 5.44. The maximum absolute atomic E-state index is 6.11. The summed E-state index contributed by atoms with van der Waals surface area (Å²) in [6.45, 7) is 2.01. The Morgan fingerprint density at radius 2 is 2.36 bits per heavy atom. The van der Waals surface area contributed by atoms with Crippen LogP contribution in [0.15, 0.2) is 18.3 Å². The molecule has 0 bridgehead atoms. The molecular formula is C12H18N2. The second-order valence-electron chi connectivity index (χ2n) is 4.36. The molecule has 0 amide bonds. The molecular weight excluding hydrogens is 172 g/mol. The van der Waals surface area contributed by atoms with Crippen molar-refractivity contribution in [2.24, 2.45) is 11.7 Å². The number of rotatable bonds is 4. The highest BCUT2D eigenvalue weighted by molar-refractivity contribution is 5.18. The van der Waals surface area contributed by atoms with E-state index >= 15 is 0 Å². The third-order valence-electron chi connectivity index (χ3n) is 2.93. The SMILES string of the molecule is Cc1cc(C(N)CCC2CC2)ccn1. The molecule has 0 aromatic carbocycles. The van der Waals surface area contributed by atoms with Gasteiger partial charge in [-0.2, -0.15) is 0 Å². The van der Waals surface area contributed by atoms with Crippen molar-refractivity contribution >= 4 is 0 Å². The van der Waals surface area contributed by atoms with Crippen LogP contribution in [-0.2, 0) is 0 Å². The molecule has 1 fully saturated rings. The Bertz CT molecular complexity index is 305. The van der Waals surface area contributed by atoms with Gasteiger partial charge in [-0.15, -0.1) is 0 Å². The van der Waals surface area contributed by atoms with Crippen LogP contribution in [0.4, 0.5) is 0 Å². The van der Waals surface area contributed by atoms with Gasteiger partial charge in [0.1, 0.15) is 0 Å². The molecule has 0 spiro atoms. The van der Waals surface area contributed by atoms with Crippen LogP contribution in [0.2, 0.25) is 0 Å². The minimum Gasteiger partial charge on any atom is -0.324 e. The van der Waals surface area contributed by atoms with E-state index in [-0.39, 0.29) is 6.04 Å². The lowest BCUT2D eigenvalue weighted by Gasteiger charge is -2.11. The number of nitrogens with zero attached hydrogens (tertiary/aromatic N) is 1. The number of pyridine rings is 1. The van der Waals surface area contributed by atoms with Gasteiger partial charge in [0.15, 0.2) is 0 Å². The summed E-state index contributed by atoms with van der Waals surface area (Å²) in [6, 6.07) is 4.33. The maximum atomic E-state index is 6.11. The first kappa shape index (κ1) is 9.66. The van der Waals surface area contributed by atoms with Gasteiger partial charge in [-0.05, 0) is 43.4 Å². The number of aromatic nitrogens is 1. The minimum absolute atomic E-state index is 0.206. The molecule has 2 heteroatoms. The van der Waals surface area contributed by atoms with Crippen molar-refractivity contribution in [1.82, 2.24) is 4.98 Å². The Hall–Kier alpha value is -0.890. The van der Waals surface area contributed by atoms with E-state index in [1.165, 1.54) is 24.8 Å². The summed E-state index contributed by atoms with van der Waals surface area (Å²) in [5.74, 6) is 0.976. The smallest absolute Gasteiger partial charge is 0.0375 e. The van der Waals surface area contributed by atoms with Gasteiger partial charge >= 0.3 is 0 Å². The standard InChI is InChI=1S/C12H18N2/c1-9-8-11(6-7-14-9)12(13)5-4-10-2-3-10/h6-8,10,12H,2-5,13H2,1H3. The Morgan fingerprint density at radius 1 is 1.57 bits per heavy atom. The van der Waals surface area contributed by atoms with Crippen LogP contribution in [0.3, 0.4) is 0 Å². The van der Waals surface area contributed by atoms with E-state index in [4.69, 9.17) is 5.73 Å². The first-order chi connectivity index (χ1) is 6.75. The lowest BCUT2D eigenvalue weighted by Crippen LogP contribution is -2.10. The first-order valence-corrected chi connectivity index (χ1v) is 5.44. The van der Waals surface area contributed by atoms with E-state index in [0.29, 0.717) is 0 Å². The summed E-state index contributed by atoms with van der Waals surface area (Å²) in [5, 5.41) is 0. The third-order valence-corrected chi connectivity index (χ3v) is 2.93. The van der Waals surface area contributed by atoms with E-state index in [1.807, 2.05) is 19.2 Å². The highest BCUT2D eigenvalue weighted by Gasteiger charge is 2.21. The molecule has 1 aliphatic rings. The van der Waals surface area contributed by atoms with Crippen LogP contribution in [0.1, 0.15) is 43.0 Å². The van der Waals surface area contributed by atoms with Crippen molar-refractivity contribution in [3.63, 3.8) is 0 Å². The van der Waals surface area contributed by atoms with Gasteiger partial charge in [0, 0.05) is 17.9 Å². The lowest BCUT2D eigenvalue weighted by atomic mass is 10.0. The molecule has 2 N–H and O–H groups in total. The highest BCUT2D eigenvalue weighted by atomic mass is 14.7. The Kier molecular flexibility index (Phi) is 2.82. The molecule has 14 heavy (non-hydrogen) atoms. The lowest BCUT2D eigenvalue weighted by molar-refractivity contribution is 0.574. The van der Waals surface area contributed by atoms with Gasteiger partial charge in [-0.3, -0.25) is 4.98 Å². The Balaban J connectivity index is 1.91. The van der Waals surface area contributed by atoms with E-state index in [2.05, 4.69) is 11.1 Å². The van der Waals surface area contributed by atoms with Gasteiger partial charge in [0.05, 0.1) is 0 Å². The zero-order valence-electron chi connectivity index (χ0n) is 8.74. The van der Waals surface area contributed by atoms with Crippen molar-refractivity contribution < 1.29 is 0 Å². The van der Waals surface area contributed by atoms with E-state index in [0.717, 1.165) is 18.0 Å². The second-order valence-corrected chi connectivity index (χ2v) is 4.36. The van der Waals surface area contributed by atoms with Crippen molar-refractivity contribution in [2.45, 2.75) is 38.6 Å². The van der Waals surface area contributed by atoms with Crippen LogP contribution in [0.5, 0.6) is 0 Å². The zero-order valence-corrected chi connectivity index (χ0v) is 8.74. The number of aryl methyl sites for hydroxylation is 1. The molecule has 1 atom stereocenters. The van der Waals surface area contributed by atoms with E-state index in [9.17, 15) is 0 Å². The maximum Gasteiger partial charge on any atom is 0.0375 e. The molecule has 1 heterocycles. The van der Waals surface area contributed by atoms with Crippen molar-refractivity contribution in [2.75, 3.05) is 0 Å². The highest BCUT2D eigenvalue weighted by Crippen LogP contribution is 2.35. The summed E-state index contributed by atoms with van der Waals surface area (Å²) in [7, 11) is 0. The summed E-state index contributed by atoms with van der Waals surface area (Å²) >= 11 is 0. The molecule has 2 nitrogen and oxygen atoms in total. The van der Waals surface area contributed by atoms with Crippen molar-refractivity contribution in [3.8, 4) is 0 Å². The number of nitrogens with two attached hydrogens (primary N) is 1. The quantitative estimate of drug-likeness (QED) is 0.792. The second kappa shape index (κ2) is 4.09. The van der Waals surface area contributed by atoms with Gasteiger partial charge < -0.3 is 5.73 Å². The van der Waals surface area contributed by atoms with Crippen LogP contribution in [0, 0.1) is 12.8 Å². The van der Waals surface area contributed by atoms with E-state index in [1.54, 1.807) is 0 Å². The predicted molar refractivity (Wildman–Crippen MR) is 57.9 cm³/mol. The minimum atomic E-state index is 0.206. The monoisotopic (exact) mass is 190 g/mol. The molecule has 0 saturated heterocycles. The largest absolute Gasteiger partial charge is 0.324 e. The van der Waals surface area contributed by atoms with Crippen molar-refractivity contribution in [1.29, 1.82) is 0 Å². The Labute approximate surface area is 85.5 Å². The fourth-order valence-electron chi connectivity index (χ4n) is 1.79. The van der Waals surface area contributed by atoms with Crippen molar-refractivity contribution in [3.05, 3.63) is 29.6 Å². The normalized spacial score (nSPS) is 18.1. The summed E-state index contributed by atoms with van der Waals surface area (Å²) in [5.41, 5.74) is 8.41. The predicted octanol–water partition coefficient (Wildman–Crippen LogP) is 2.58. The van der Waals surface area contributed by atoms with Gasteiger partial charge in [-0.1, -0.05) is 12.8 Å². The molecule has 2 rings (SSSR count). The number of hydrogen-bond donors (Lipinski definition) is 1. The van der Waals surface area contributed by atoms with Gasteiger partial charge in [-0.25, -0.2) is 0 Å². The summed E-state index contributed by atoms with van der Waals surface area (Å²) in [6.07, 6.45) is 7.10. The molecule has 1 unspecified atom stereocenters. The topological polar surface area (TPSA) is 38.9 Å². The molecule has 0 aliphatic heterocycles. The van der Waals surface area contributed by atoms with Crippen LogP contribution >= 0.6 is 0 Å². The van der Waals surface area contributed by atoms with Gasteiger partial charge in [0.2, 0.25) is 0 Å². The average molecular weight is 190 g/mol. The zero-order chi connectivity index (χ0) is 9.97.